The average Bonchev–Trinajstić information content (AvgIpc) is 2.83. The van der Waals surface area contributed by atoms with E-state index in [-0.39, 0.29) is 18.9 Å². The molecular formula is C14H15N3O3. The van der Waals surface area contributed by atoms with Crippen LogP contribution >= 0.6 is 0 Å². The SMILES string of the molecule is Cc1[nH]ncc1C(=O)NCc1ccccc1CC(=O)O. The van der Waals surface area contributed by atoms with Gasteiger partial charge in [-0.1, -0.05) is 24.3 Å². The van der Waals surface area contributed by atoms with Crippen molar-refractivity contribution in [2.45, 2.75) is 19.9 Å². The average molecular weight is 273 g/mol. The van der Waals surface area contributed by atoms with Gasteiger partial charge in [0.25, 0.3) is 5.91 Å². The van der Waals surface area contributed by atoms with Crippen LogP contribution in [0.25, 0.3) is 0 Å². The van der Waals surface area contributed by atoms with Crippen molar-refractivity contribution in [3.63, 3.8) is 0 Å². The number of aromatic nitrogens is 2. The number of aliphatic carboxylic acids is 1. The molecule has 1 amide bonds. The van der Waals surface area contributed by atoms with Crippen LogP contribution in [0.15, 0.2) is 30.5 Å². The third kappa shape index (κ3) is 3.23. The van der Waals surface area contributed by atoms with E-state index in [0.29, 0.717) is 16.8 Å². The lowest BCUT2D eigenvalue weighted by Gasteiger charge is -2.09. The van der Waals surface area contributed by atoms with Crippen molar-refractivity contribution in [1.29, 1.82) is 0 Å². The van der Waals surface area contributed by atoms with Crippen LogP contribution in [0.1, 0.15) is 27.2 Å². The topological polar surface area (TPSA) is 95.1 Å². The fourth-order valence-electron chi connectivity index (χ4n) is 1.92. The van der Waals surface area contributed by atoms with Gasteiger partial charge in [0.05, 0.1) is 18.2 Å². The molecule has 1 aromatic carbocycles. The first-order valence-corrected chi connectivity index (χ1v) is 6.14. The molecule has 1 heterocycles. The lowest BCUT2D eigenvalue weighted by atomic mass is 10.0. The maximum absolute atomic E-state index is 11.9. The van der Waals surface area contributed by atoms with Crippen LogP contribution in [0.5, 0.6) is 0 Å². The highest BCUT2D eigenvalue weighted by molar-refractivity contribution is 5.94. The fourth-order valence-corrected chi connectivity index (χ4v) is 1.92. The maximum Gasteiger partial charge on any atom is 0.307 e. The number of rotatable bonds is 5. The summed E-state index contributed by atoms with van der Waals surface area (Å²) in [6.45, 7) is 2.05. The Bertz CT molecular complexity index is 634. The summed E-state index contributed by atoms with van der Waals surface area (Å²) in [5.74, 6) is -1.13. The highest BCUT2D eigenvalue weighted by Crippen LogP contribution is 2.10. The predicted molar refractivity (Wildman–Crippen MR) is 72.3 cm³/mol. The molecule has 0 bridgehead atoms. The van der Waals surface area contributed by atoms with Crippen molar-refractivity contribution in [2.75, 3.05) is 0 Å². The molecule has 0 saturated heterocycles. The fraction of sp³-hybridized carbons (Fsp3) is 0.214. The molecule has 0 fully saturated rings. The zero-order valence-corrected chi connectivity index (χ0v) is 11.0. The number of carbonyl (C=O) groups is 2. The summed E-state index contributed by atoms with van der Waals surface area (Å²) in [7, 11) is 0. The van der Waals surface area contributed by atoms with Crippen molar-refractivity contribution in [3.8, 4) is 0 Å². The molecule has 0 spiro atoms. The summed E-state index contributed by atoms with van der Waals surface area (Å²) >= 11 is 0. The van der Waals surface area contributed by atoms with E-state index in [2.05, 4.69) is 15.5 Å². The number of carboxylic acid groups (broad SMARTS) is 1. The molecule has 0 aliphatic heterocycles. The van der Waals surface area contributed by atoms with Gasteiger partial charge in [0.1, 0.15) is 0 Å². The predicted octanol–water partition coefficient (Wildman–Crippen LogP) is 1.28. The summed E-state index contributed by atoms with van der Waals surface area (Å²) in [5, 5.41) is 18.1. The summed E-state index contributed by atoms with van der Waals surface area (Å²) in [6, 6.07) is 7.15. The number of benzene rings is 1. The molecule has 20 heavy (non-hydrogen) atoms. The molecule has 1 aromatic heterocycles. The first kappa shape index (κ1) is 13.8. The van der Waals surface area contributed by atoms with E-state index in [1.165, 1.54) is 6.20 Å². The normalized spacial score (nSPS) is 10.2. The number of H-pyrrole nitrogens is 1. The molecule has 0 unspecified atom stereocenters. The van der Waals surface area contributed by atoms with Crippen molar-refractivity contribution < 1.29 is 14.7 Å². The molecule has 3 N–H and O–H groups in total. The molecule has 104 valence electrons. The zero-order valence-electron chi connectivity index (χ0n) is 11.0. The summed E-state index contributed by atoms with van der Waals surface area (Å²) in [4.78, 5) is 22.7. The van der Waals surface area contributed by atoms with Gasteiger partial charge in [-0.15, -0.1) is 0 Å². The Hall–Kier alpha value is -2.63. The standard InChI is InChI=1S/C14H15N3O3/c1-9-12(8-16-17-9)14(20)15-7-11-5-3-2-4-10(11)6-13(18)19/h2-5,8H,6-7H2,1H3,(H,15,20)(H,16,17)(H,18,19). The van der Waals surface area contributed by atoms with E-state index in [1.807, 2.05) is 6.07 Å². The Morgan fingerprint density at radius 3 is 2.60 bits per heavy atom. The van der Waals surface area contributed by atoms with Gasteiger partial charge < -0.3 is 10.4 Å². The molecule has 0 atom stereocenters. The van der Waals surface area contributed by atoms with E-state index >= 15 is 0 Å². The number of amides is 1. The molecular weight excluding hydrogens is 258 g/mol. The van der Waals surface area contributed by atoms with Gasteiger partial charge in [0.2, 0.25) is 0 Å². The summed E-state index contributed by atoms with van der Waals surface area (Å²) < 4.78 is 0. The molecule has 0 saturated carbocycles. The summed E-state index contributed by atoms with van der Waals surface area (Å²) in [5.41, 5.74) is 2.68. The Balaban J connectivity index is 2.06. The third-order valence-corrected chi connectivity index (χ3v) is 2.97. The second-order valence-corrected chi connectivity index (χ2v) is 4.43. The lowest BCUT2D eigenvalue weighted by Crippen LogP contribution is -2.24. The van der Waals surface area contributed by atoms with Crippen molar-refractivity contribution in [2.24, 2.45) is 0 Å². The van der Waals surface area contributed by atoms with E-state index in [1.54, 1.807) is 25.1 Å². The van der Waals surface area contributed by atoms with Gasteiger partial charge in [-0.3, -0.25) is 14.7 Å². The maximum atomic E-state index is 11.9. The smallest absolute Gasteiger partial charge is 0.307 e. The molecule has 6 nitrogen and oxygen atoms in total. The van der Waals surface area contributed by atoms with Crippen molar-refractivity contribution >= 4 is 11.9 Å². The highest BCUT2D eigenvalue weighted by Gasteiger charge is 2.12. The highest BCUT2D eigenvalue weighted by atomic mass is 16.4. The van der Waals surface area contributed by atoms with Gasteiger partial charge >= 0.3 is 5.97 Å². The monoisotopic (exact) mass is 273 g/mol. The number of aromatic amines is 1. The minimum absolute atomic E-state index is 0.0587. The van der Waals surface area contributed by atoms with Gasteiger partial charge in [0, 0.05) is 12.2 Å². The minimum atomic E-state index is -0.894. The Labute approximate surface area is 115 Å². The molecule has 2 rings (SSSR count). The van der Waals surface area contributed by atoms with E-state index in [4.69, 9.17) is 5.11 Å². The van der Waals surface area contributed by atoms with E-state index in [0.717, 1.165) is 5.56 Å². The summed E-state index contributed by atoms with van der Waals surface area (Å²) in [6.07, 6.45) is 1.41. The largest absolute Gasteiger partial charge is 0.481 e. The molecule has 6 heteroatoms. The molecule has 0 aliphatic rings. The number of carbonyl (C=O) groups excluding carboxylic acids is 1. The number of nitrogens with zero attached hydrogens (tertiary/aromatic N) is 1. The number of carboxylic acids is 1. The first-order chi connectivity index (χ1) is 9.58. The van der Waals surface area contributed by atoms with Gasteiger partial charge in [-0.2, -0.15) is 5.10 Å². The van der Waals surface area contributed by atoms with E-state index < -0.39 is 5.97 Å². The Morgan fingerprint density at radius 1 is 1.30 bits per heavy atom. The van der Waals surface area contributed by atoms with Crippen molar-refractivity contribution in [3.05, 3.63) is 52.8 Å². The second kappa shape index (κ2) is 6.01. The van der Waals surface area contributed by atoms with Crippen LogP contribution in [0.2, 0.25) is 0 Å². The molecule has 2 aromatic rings. The van der Waals surface area contributed by atoms with Crippen LogP contribution < -0.4 is 5.32 Å². The lowest BCUT2D eigenvalue weighted by molar-refractivity contribution is -0.136. The number of hydrogen-bond donors (Lipinski definition) is 3. The van der Waals surface area contributed by atoms with Crippen LogP contribution in [-0.2, 0) is 17.8 Å². The van der Waals surface area contributed by atoms with Crippen LogP contribution in [-0.4, -0.2) is 27.2 Å². The zero-order chi connectivity index (χ0) is 14.5. The van der Waals surface area contributed by atoms with Crippen LogP contribution in [0, 0.1) is 6.92 Å². The second-order valence-electron chi connectivity index (χ2n) is 4.43. The number of hydrogen-bond acceptors (Lipinski definition) is 3. The van der Waals surface area contributed by atoms with Gasteiger partial charge in [0.15, 0.2) is 0 Å². The minimum Gasteiger partial charge on any atom is -0.481 e. The third-order valence-electron chi connectivity index (χ3n) is 2.97. The Kier molecular flexibility index (Phi) is 4.14. The van der Waals surface area contributed by atoms with E-state index in [9.17, 15) is 9.59 Å². The number of aryl methyl sites for hydroxylation is 1. The molecule has 0 radical (unpaired) electrons. The number of nitrogens with one attached hydrogen (secondary N) is 2. The van der Waals surface area contributed by atoms with Crippen LogP contribution in [0.4, 0.5) is 0 Å². The van der Waals surface area contributed by atoms with Crippen molar-refractivity contribution in [1.82, 2.24) is 15.5 Å². The quantitative estimate of drug-likeness (QED) is 0.764. The molecule has 0 aliphatic carbocycles. The van der Waals surface area contributed by atoms with Crippen LogP contribution in [0.3, 0.4) is 0 Å². The first-order valence-electron chi connectivity index (χ1n) is 6.14. The Morgan fingerprint density at radius 2 is 2.00 bits per heavy atom. The van der Waals surface area contributed by atoms with Gasteiger partial charge in [-0.05, 0) is 18.1 Å². The van der Waals surface area contributed by atoms with Gasteiger partial charge in [-0.25, -0.2) is 0 Å².